The minimum atomic E-state index is -0.889. The molecule has 35 heavy (non-hydrogen) atoms. The molecule has 1 fully saturated rings. The van der Waals surface area contributed by atoms with Crippen LogP contribution in [0.5, 0.6) is 0 Å². The lowest BCUT2D eigenvalue weighted by molar-refractivity contribution is -0.149. The molecule has 7 nitrogen and oxygen atoms in total. The molecule has 0 spiro atoms. The van der Waals surface area contributed by atoms with Crippen LogP contribution in [0.25, 0.3) is 11.1 Å². The van der Waals surface area contributed by atoms with Crippen LogP contribution in [0.1, 0.15) is 43.2 Å². The summed E-state index contributed by atoms with van der Waals surface area (Å²) in [4.78, 5) is 39.4. The van der Waals surface area contributed by atoms with E-state index in [1.807, 2.05) is 30.5 Å². The van der Waals surface area contributed by atoms with E-state index < -0.39 is 30.1 Å². The number of carbonyl (C=O) groups excluding carboxylic acids is 2. The van der Waals surface area contributed by atoms with Crippen LogP contribution >= 0.6 is 11.8 Å². The van der Waals surface area contributed by atoms with Gasteiger partial charge in [0.15, 0.2) is 0 Å². The molecule has 3 atom stereocenters. The van der Waals surface area contributed by atoms with Gasteiger partial charge in [-0.15, -0.1) is 0 Å². The molecule has 0 unspecified atom stereocenters. The van der Waals surface area contributed by atoms with Crippen molar-refractivity contribution in [2.45, 2.75) is 44.2 Å². The van der Waals surface area contributed by atoms with Crippen LogP contribution in [-0.4, -0.2) is 65.2 Å². The maximum Gasteiger partial charge on any atom is 0.407 e. The smallest absolute Gasteiger partial charge is 0.407 e. The quantitative estimate of drug-likeness (QED) is 0.564. The Morgan fingerprint density at radius 2 is 1.74 bits per heavy atom. The summed E-state index contributed by atoms with van der Waals surface area (Å²) in [6.07, 6.45) is 2.94. The van der Waals surface area contributed by atoms with Crippen LogP contribution in [0.2, 0.25) is 0 Å². The van der Waals surface area contributed by atoms with Crippen molar-refractivity contribution in [1.29, 1.82) is 0 Å². The third kappa shape index (κ3) is 5.32. The normalized spacial score (nSPS) is 20.0. The number of rotatable bonds is 8. The van der Waals surface area contributed by atoms with Gasteiger partial charge in [-0.2, -0.15) is 11.8 Å². The van der Waals surface area contributed by atoms with E-state index in [2.05, 4.69) is 29.6 Å². The number of piperidine rings is 1. The number of hydrogen-bond acceptors (Lipinski definition) is 5. The van der Waals surface area contributed by atoms with E-state index in [1.54, 1.807) is 23.6 Å². The third-order valence-corrected chi connectivity index (χ3v) is 7.78. The van der Waals surface area contributed by atoms with Crippen LogP contribution in [0.15, 0.2) is 48.5 Å². The molecule has 186 valence electrons. The molecule has 2 amide bonds. The standard InChI is InChI=1S/C27H32N2O5S/c1-17-18(26(31)32)12-7-14-29(17)25(30)24(13-15-35-2)28-27(33)34-16-23-21-10-5-3-8-19(21)20-9-4-6-11-22(20)23/h3-6,8-11,17-18,23-24H,7,12-16H2,1-2H3,(H,28,33)(H,31,32)/t17-,18-,24+/m0/s1. The number of alkyl carbamates (subject to hydrolysis) is 1. The molecule has 2 aromatic carbocycles. The van der Waals surface area contributed by atoms with Gasteiger partial charge in [-0.25, -0.2) is 4.79 Å². The molecule has 0 aromatic heterocycles. The van der Waals surface area contributed by atoms with Gasteiger partial charge in [-0.1, -0.05) is 48.5 Å². The number of nitrogens with one attached hydrogen (secondary N) is 1. The predicted octanol–water partition coefficient (Wildman–Crippen LogP) is 4.36. The van der Waals surface area contributed by atoms with Gasteiger partial charge in [0.05, 0.1) is 5.92 Å². The van der Waals surface area contributed by atoms with Crippen LogP contribution in [0.3, 0.4) is 0 Å². The zero-order valence-electron chi connectivity index (χ0n) is 20.1. The molecular formula is C27H32N2O5S. The monoisotopic (exact) mass is 496 g/mol. The second kappa shape index (κ2) is 11.2. The molecule has 1 aliphatic heterocycles. The minimum absolute atomic E-state index is 0.0630. The van der Waals surface area contributed by atoms with Crippen LogP contribution < -0.4 is 5.32 Å². The van der Waals surface area contributed by atoms with Crippen LogP contribution in [-0.2, 0) is 14.3 Å². The van der Waals surface area contributed by atoms with E-state index in [-0.39, 0.29) is 18.4 Å². The van der Waals surface area contributed by atoms with Crippen molar-refractivity contribution in [3.8, 4) is 11.1 Å². The number of ether oxygens (including phenoxy) is 1. The number of thioether (sulfide) groups is 1. The Bertz CT molecular complexity index is 1050. The highest BCUT2D eigenvalue weighted by molar-refractivity contribution is 7.98. The van der Waals surface area contributed by atoms with E-state index in [9.17, 15) is 19.5 Å². The van der Waals surface area contributed by atoms with Crippen molar-refractivity contribution in [2.24, 2.45) is 5.92 Å². The highest BCUT2D eigenvalue weighted by Crippen LogP contribution is 2.44. The summed E-state index contributed by atoms with van der Waals surface area (Å²) in [6.45, 7) is 2.44. The summed E-state index contributed by atoms with van der Waals surface area (Å²) in [7, 11) is 0. The summed E-state index contributed by atoms with van der Waals surface area (Å²) in [5.74, 6) is -1.11. The number of aliphatic carboxylic acids is 1. The van der Waals surface area contributed by atoms with Crippen molar-refractivity contribution in [3.63, 3.8) is 0 Å². The number of likely N-dealkylation sites (tertiary alicyclic amines) is 1. The van der Waals surface area contributed by atoms with Crippen molar-refractivity contribution in [2.75, 3.05) is 25.2 Å². The second-order valence-electron chi connectivity index (χ2n) is 9.16. The van der Waals surface area contributed by atoms with Crippen molar-refractivity contribution in [1.82, 2.24) is 10.2 Å². The van der Waals surface area contributed by atoms with Gasteiger partial charge in [0.2, 0.25) is 5.91 Å². The zero-order valence-corrected chi connectivity index (χ0v) is 20.9. The average Bonchev–Trinajstić information content (AvgIpc) is 3.18. The molecule has 2 aromatic rings. The molecule has 0 radical (unpaired) electrons. The first-order valence-corrected chi connectivity index (χ1v) is 13.5. The Labute approximate surface area is 210 Å². The maximum absolute atomic E-state index is 13.4. The molecule has 0 bridgehead atoms. The fourth-order valence-corrected chi connectivity index (χ4v) is 5.73. The molecule has 1 saturated heterocycles. The van der Waals surface area contributed by atoms with Gasteiger partial charge in [0, 0.05) is 18.5 Å². The first-order chi connectivity index (χ1) is 16.9. The number of benzene rings is 2. The summed E-state index contributed by atoms with van der Waals surface area (Å²) in [5.41, 5.74) is 4.55. The number of fused-ring (bicyclic) bond motifs is 3. The highest BCUT2D eigenvalue weighted by atomic mass is 32.2. The maximum atomic E-state index is 13.4. The van der Waals surface area contributed by atoms with Gasteiger partial charge in [-0.3, -0.25) is 9.59 Å². The number of nitrogens with zero attached hydrogens (tertiary/aromatic N) is 1. The van der Waals surface area contributed by atoms with Gasteiger partial charge in [-0.05, 0) is 60.4 Å². The molecule has 1 heterocycles. The minimum Gasteiger partial charge on any atom is -0.481 e. The number of hydrogen-bond donors (Lipinski definition) is 2. The van der Waals surface area contributed by atoms with Crippen molar-refractivity contribution < 1.29 is 24.2 Å². The van der Waals surface area contributed by atoms with Crippen molar-refractivity contribution in [3.05, 3.63) is 59.7 Å². The zero-order chi connectivity index (χ0) is 24.9. The first-order valence-electron chi connectivity index (χ1n) is 12.1. The van der Waals surface area contributed by atoms with Gasteiger partial charge in [0.25, 0.3) is 0 Å². The molecule has 0 saturated carbocycles. The lowest BCUT2D eigenvalue weighted by atomic mass is 9.89. The molecular weight excluding hydrogens is 464 g/mol. The summed E-state index contributed by atoms with van der Waals surface area (Å²) in [6, 6.07) is 15.1. The van der Waals surface area contributed by atoms with Gasteiger partial charge in [0.1, 0.15) is 12.6 Å². The summed E-state index contributed by atoms with van der Waals surface area (Å²) >= 11 is 1.59. The predicted molar refractivity (Wildman–Crippen MR) is 137 cm³/mol. The number of carboxylic acid groups (broad SMARTS) is 1. The van der Waals surface area contributed by atoms with Gasteiger partial charge >= 0.3 is 12.1 Å². The van der Waals surface area contributed by atoms with E-state index >= 15 is 0 Å². The third-order valence-electron chi connectivity index (χ3n) is 7.13. The average molecular weight is 497 g/mol. The lowest BCUT2D eigenvalue weighted by Crippen LogP contribution is -2.56. The molecule has 1 aliphatic carbocycles. The van der Waals surface area contributed by atoms with E-state index in [4.69, 9.17) is 4.74 Å². The molecule has 4 rings (SSSR count). The highest BCUT2D eigenvalue weighted by Gasteiger charge is 2.38. The number of carboxylic acids is 1. The Balaban J connectivity index is 1.43. The molecule has 8 heteroatoms. The van der Waals surface area contributed by atoms with Crippen molar-refractivity contribution >= 4 is 29.7 Å². The Morgan fingerprint density at radius 3 is 2.34 bits per heavy atom. The van der Waals surface area contributed by atoms with E-state index in [0.717, 1.165) is 22.3 Å². The fraction of sp³-hybridized carbons (Fsp3) is 0.444. The Hall–Kier alpha value is -3.00. The Morgan fingerprint density at radius 1 is 1.11 bits per heavy atom. The Kier molecular flexibility index (Phi) is 8.00. The molecule has 2 aliphatic rings. The lowest BCUT2D eigenvalue weighted by Gasteiger charge is -2.39. The van der Waals surface area contributed by atoms with E-state index in [1.165, 1.54) is 0 Å². The largest absolute Gasteiger partial charge is 0.481 e. The molecule has 2 N–H and O–H groups in total. The summed E-state index contributed by atoms with van der Waals surface area (Å²) in [5, 5.41) is 12.3. The SMILES string of the molecule is CSCC[C@@H](NC(=O)OCC1c2ccccc2-c2ccccc21)C(=O)N1CCC[C@H](C(=O)O)[C@@H]1C. The second-order valence-corrected chi connectivity index (χ2v) is 10.1. The van der Waals surface area contributed by atoms with Crippen LogP contribution in [0.4, 0.5) is 4.79 Å². The van der Waals surface area contributed by atoms with Crippen LogP contribution in [0, 0.1) is 5.92 Å². The topological polar surface area (TPSA) is 95.9 Å². The van der Waals surface area contributed by atoms with E-state index in [0.29, 0.717) is 31.6 Å². The summed E-state index contributed by atoms with van der Waals surface area (Å²) < 4.78 is 5.65. The number of carbonyl (C=O) groups is 3. The van der Waals surface area contributed by atoms with Gasteiger partial charge < -0.3 is 20.1 Å². The first kappa shape index (κ1) is 25.1. The number of amides is 2. The fourth-order valence-electron chi connectivity index (χ4n) is 5.26.